The lowest BCUT2D eigenvalue weighted by atomic mass is 10.1. The Kier molecular flexibility index (Phi) is 2.80. The lowest BCUT2D eigenvalue weighted by molar-refractivity contribution is 0.626. The molecule has 1 unspecified atom stereocenters. The highest BCUT2D eigenvalue weighted by Gasteiger charge is 2.17. The van der Waals surface area contributed by atoms with E-state index in [-0.39, 0.29) is 0 Å². The van der Waals surface area contributed by atoms with Crippen molar-refractivity contribution in [2.45, 2.75) is 18.9 Å². The van der Waals surface area contributed by atoms with Crippen molar-refractivity contribution in [3.05, 3.63) is 42.5 Å². The maximum Gasteiger partial charge on any atom is 0.160 e. The van der Waals surface area contributed by atoms with Crippen LogP contribution < -0.4 is 5.32 Å². The molecule has 2 aromatic heterocycles. The second-order valence-corrected chi connectivity index (χ2v) is 4.20. The number of hydrogen-bond acceptors (Lipinski definition) is 4. The summed E-state index contributed by atoms with van der Waals surface area (Å²) in [7, 11) is 0. The molecule has 1 N–H and O–H groups in total. The Labute approximate surface area is 100 Å². The first-order valence-electron chi connectivity index (χ1n) is 5.90. The van der Waals surface area contributed by atoms with Crippen molar-refractivity contribution in [3.63, 3.8) is 0 Å². The fraction of sp³-hybridized carbons (Fsp3) is 0.308. The zero-order valence-electron chi connectivity index (χ0n) is 9.50. The second-order valence-electron chi connectivity index (χ2n) is 4.20. The van der Waals surface area contributed by atoms with E-state index in [0.29, 0.717) is 6.04 Å². The van der Waals surface area contributed by atoms with Gasteiger partial charge in [0.25, 0.3) is 0 Å². The maximum absolute atomic E-state index is 4.61. The zero-order valence-corrected chi connectivity index (χ0v) is 9.50. The third-order valence-corrected chi connectivity index (χ3v) is 3.01. The highest BCUT2D eigenvalue weighted by atomic mass is 15.0. The van der Waals surface area contributed by atoms with Crippen LogP contribution in [0.5, 0.6) is 0 Å². The minimum atomic E-state index is 0.383. The van der Waals surface area contributed by atoms with Gasteiger partial charge in [0.1, 0.15) is 0 Å². The van der Waals surface area contributed by atoms with Crippen molar-refractivity contribution < 1.29 is 0 Å². The van der Waals surface area contributed by atoms with Crippen LogP contribution in [-0.4, -0.2) is 21.5 Å². The van der Waals surface area contributed by atoms with Crippen molar-refractivity contribution in [2.75, 3.05) is 6.54 Å². The minimum absolute atomic E-state index is 0.383. The van der Waals surface area contributed by atoms with Crippen LogP contribution in [0.15, 0.2) is 36.8 Å². The molecule has 17 heavy (non-hydrogen) atoms. The fourth-order valence-electron chi connectivity index (χ4n) is 2.14. The quantitative estimate of drug-likeness (QED) is 0.850. The molecule has 0 amide bonds. The van der Waals surface area contributed by atoms with Crippen LogP contribution >= 0.6 is 0 Å². The zero-order chi connectivity index (χ0) is 11.5. The molecule has 0 aliphatic carbocycles. The van der Waals surface area contributed by atoms with E-state index in [1.807, 2.05) is 24.4 Å². The number of aromatic nitrogens is 3. The summed E-state index contributed by atoms with van der Waals surface area (Å²) in [4.78, 5) is 13.0. The summed E-state index contributed by atoms with van der Waals surface area (Å²) in [5.41, 5.74) is 2.05. The van der Waals surface area contributed by atoms with Crippen LogP contribution in [0.3, 0.4) is 0 Å². The first kappa shape index (κ1) is 10.4. The summed E-state index contributed by atoms with van der Waals surface area (Å²) in [5.74, 6) is 0.754. The van der Waals surface area contributed by atoms with Gasteiger partial charge in [-0.3, -0.25) is 4.98 Å². The Bertz CT molecular complexity index is 492. The summed E-state index contributed by atoms with van der Waals surface area (Å²) in [6, 6.07) is 6.25. The van der Waals surface area contributed by atoms with Gasteiger partial charge in [0, 0.05) is 30.2 Å². The monoisotopic (exact) mass is 226 g/mol. The number of hydrogen-bond donors (Lipinski definition) is 1. The lowest BCUT2D eigenvalue weighted by Gasteiger charge is -2.10. The molecule has 3 rings (SSSR count). The standard InChI is InChI=1S/C13H14N4/c1-3-10(9-14-6-1)13-16-8-5-12(17-13)11-4-2-7-15-11/h1,3,5-6,8-9,11,15H,2,4,7H2. The number of rotatable bonds is 2. The molecule has 4 nitrogen and oxygen atoms in total. The predicted molar refractivity (Wildman–Crippen MR) is 65.2 cm³/mol. The predicted octanol–water partition coefficient (Wildman–Crippen LogP) is 1.96. The summed E-state index contributed by atoms with van der Waals surface area (Å²) in [5, 5.41) is 3.45. The van der Waals surface area contributed by atoms with Crippen molar-refractivity contribution in [2.24, 2.45) is 0 Å². The van der Waals surface area contributed by atoms with Gasteiger partial charge in [0.05, 0.1) is 5.69 Å². The van der Waals surface area contributed by atoms with E-state index >= 15 is 0 Å². The number of pyridine rings is 1. The van der Waals surface area contributed by atoms with Crippen LogP contribution in [0, 0.1) is 0 Å². The fourth-order valence-corrected chi connectivity index (χ4v) is 2.14. The Morgan fingerprint density at radius 1 is 1.24 bits per heavy atom. The van der Waals surface area contributed by atoms with Crippen molar-refractivity contribution in [1.82, 2.24) is 20.3 Å². The molecule has 3 heterocycles. The van der Waals surface area contributed by atoms with E-state index in [0.717, 1.165) is 30.0 Å². The minimum Gasteiger partial charge on any atom is -0.309 e. The smallest absolute Gasteiger partial charge is 0.160 e. The third-order valence-electron chi connectivity index (χ3n) is 3.01. The van der Waals surface area contributed by atoms with Crippen LogP contribution in [0.25, 0.3) is 11.4 Å². The highest BCUT2D eigenvalue weighted by molar-refractivity contribution is 5.52. The molecular weight excluding hydrogens is 212 g/mol. The van der Waals surface area contributed by atoms with E-state index in [1.165, 1.54) is 6.42 Å². The average molecular weight is 226 g/mol. The van der Waals surface area contributed by atoms with Gasteiger partial charge in [-0.2, -0.15) is 0 Å². The SMILES string of the molecule is c1cncc(-c2nccc(C3CCCN3)n2)c1. The molecule has 0 radical (unpaired) electrons. The molecule has 86 valence electrons. The molecule has 4 heteroatoms. The van der Waals surface area contributed by atoms with E-state index in [2.05, 4.69) is 20.3 Å². The third kappa shape index (κ3) is 2.17. The van der Waals surface area contributed by atoms with Crippen LogP contribution in [0.4, 0.5) is 0 Å². The van der Waals surface area contributed by atoms with E-state index in [9.17, 15) is 0 Å². The van der Waals surface area contributed by atoms with Gasteiger partial charge < -0.3 is 5.32 Å². The largest absolute Gasteiger partial charge is 0.309 e. The Hall–Kier alpha value is -1.81. The van der Waals surface area contributed by atoms with Gasteiger partial charge in [0.2, 0.25) is 0 Å². The van der Waals surface area contributed by atoms with E-state index < -0.39 is 0 Å². The van der Waals surface area contributed by atoms with E-state index in [1.54, 1.807) is 12.4 Å². The summed E-state index contributed by atoms with van der Waals surface area (Å²) >= 11 is 0. The van der Waals surface area contributed by atoms with E-state index in [4.69, 9.17) is 0 Å². The summed E-state index contributed by atoms with van der Waals surface area (Å²) < 4.78 is 0. The molecule has 1 aliphatic heterocycles. The first-order chi connectivity index (χ1) is 8.43. The number of nitrogens with one attached hydrogen (secondary N) is 1. The lowest BCUT2D eigenvalue weighted by Crippen LogP contribution is -2.14. The van der Waals surface area contributed by atoms with Gasteiger partial charge in [-0.15, -0.1) is 0 Å². The summed E-state index contributed by atoms with van der Waals surface area (Å²) in [6.07, 6.45) is 7.75. The van der Waals surface area contributed by atoms with Gasteiger partial charge in [-0.1, -0.05) is 0 Å². The van der Waals surface area contributed by atoms with Crippen LogP contribution in [0.2, 0.25) is 0 Å². The molecular formula is C13H14N4. The van der Waals surface area contributed by atoms with Crippen LogP contribution in [-0.2, 0) is 0 Å². The number of nitrogens with zero attached hydrogens (tertiary/aromatic N) is 3. The van der Waals surface area contributed by atoms with Gasteiger partial charge in [-0.25, -0.2) is 9.97 Å². The van der Waals surface area contributed by atoms with Gasteiger partial charge in [-0.05, 0) is 37.6 Å². The van der Waals surface area contributed by atoms with Crippen molar-refractivity contribution in [3.8, 4) is 11.4 Å². The molecule has 2 aromatic rings. The molecule has 1 atom stereocenters. The molecule has 1 aliphatic rings. The molecule has 0 saturated carbocycles. The average Bonchev–Trinajstić information content (AvgIpc) is 2.94. The summed E-state index contributed by atoms with van der Waals surface area (Å²) in [6.45, 7) is 1.08. The van der Waals surface area contributed by atoms with Crippen molar-refractivity contribution in [1.29, 1.82) is 0 Å². The highest BCUT2D eigenvalue weighted by Crippen LogP contribution is 2.22. The molecule has 0 aromatic carbocycles. The first-order valence-corrected chi connectivity index (χ1v) is 5.90. The molecule has 1 fully saturated rings. The Morgan fingerprint density at radius 3 is 3.00 bits per heavy atom. The Balaban J connectivity index is 1.94. The topological polar surface area (TPSA) is 50.7 Å². The van der Waals surface area contributed by atoms with Crippen LogP contribution in [0.1, 0.15) is 24.6 Å². The second kappa shape index (κ2) is 4.59. The molecule has 0 spiro atoms. The van der Waals surface area contributed by atoms with Gasteiger partial charge >= 0.3 is 0 Å². The Morgan fingerprint density at radius 2 is 2.24 bits per heavy atom. The van der Waals surface area contributed by atoms with Gasteiger partial charge in [0.15, 0.2) is 5.82 Å². The molecule has 0 bridgehead atoms. The van der Waals surface area contributed by atoms with Crippen molar-refractivity contribution >= 4 is 0 Å². The maximum atomic E-state index is 4.61. The normalized spacial score (nSPS) is 19.4. The molecule has 1 saturated heterocycles.